The summed E-state index contributed by atoms with van der Waals surface area (Å²) < 4.78 is 5.50. The number of carbonyl (C=O) groups is 1. The van der Waals surface area contributed by atoms with Crippen LogP contribution in [0.3, 0.4) is 0 Å². The predicted molar refractivity (Wildman–Crippen MR) is 100 cm³/mol. The SMILES string of the molecule is CC1Cc2c(N)cccc2CN1C1CCN(C(=O)OC(C)(C)C)CC1. The monoisotopic (exact) mass is 345 g/mol. The molecule has 0 spiro atoms. The summed E-state index contributed by atoms with van der Waals surface area (Å²) in [6.07, 6.45) is 2.83. The quantitative estimate of drug-likeness (QED) is 0.793. The molecule has 1 unspecified atom stereocenters. The number of anilines is 1. The molecule has 1 atom stereocenters. The van der Waals surface area contributed by atoms with Crippen molar-refractivity contribution >= 4 is 11.8 Å². The zero-order chi connectivity index (χ0) is 18.2. The Kier molecular flexibility index (Phi) is 4.96. The van der Waals surface area contributed by atoms with Crippen LogP contribution in [-0.2, 0) is 17.7 Å². The lowest BCUT2D eigenvalue weighted by atomic mass is 9.90. The molecule has 1 fully saturated rings. The van der Waals surface area contributed by atoms with Gasteiger partial charge >= 0.3 is 6.09 Å². The number of benzene rings is 1. The number of nitrogens with zero attached hydrogens (tertiary/aromatic N) is 2. The van der Waals surface area contributed by atoms with Gasteiger partial charge in [0.2, 0.25) is 0 Å². The molecule has 0 aromatic heterocycles. The van der Waals surface area contributed by atoms with Crippen LogP contribution in [0.4, 0.5) is 10.5 Å². The van der Waals surface area contributed by atoms with Crippen molar-refractivity contribution in [2.45, 2.75) is 71.2 Å². The molecule has 1 aromatic rings. The molecular formula is C20H31N3O2. The summed E-state index contributed by atoms with van der Waals surface area (Å²) in [5, 5.41) is 0. The predicted octanol–water partition coefficient (Wildman–Crippen LogP) is 3.41. The maximum absolute atomic E-state index is 12.2. The number of ether oxygens (including phenoxy) is 1. The Morgan fingerprint density at radius 3 is 2.56 bits per heavy atom. The van der Waals surface area contributed by atoms with Crippen LogP contribution in [0.15, 0.2) is 18.2 Å². The Balaban J connectivity index is 1.61. The smallest absolute Gasteiger partial charge is 0.410 e. The van der Waals surface area contributed by atoms with Crippen molar-refractivity contribution in [3.05, 3.63) is 29.3 Å². The summed E-state index contributed by atoms with van der Waals surface area (Å²) in [5.74, 6) is 0. The highest BCUT2D eigenvalue weighted by molar-refractivity contribution is 5.68. The number of hydrogen-bond acceptors (Lipinski definition) is 4. The lowest BCUT2D eigenvalue weighted by Gasteiger charge is -2.44. The first kappa shape index (κ1) is 18.1. The first-order chi connectivity index (χ1) is 11.7. The first-order valence-electron chi connectivity index (χ1n) is 9.34. The zero-order valence-corrected chi connectivity index (χ0v) is 15.9. The van der Waals surface area contributed by atoms with Crippen molar-refractivity contribution in [1.29, 1.82) is 0 Å². The van der Waals surface area contributed by atoms with Crippen molar-refractivity contribution in [1.82, 2.24) is 9.80 Å². The second kappa shape index (κ2) is 6.87. The molecule has 0 saturated carbocycles. The Morgan fingerprint density at radius 1 is 1.24 bits per heavy atom. The largest absolute Gasteiger partial charge is 0.444 e. The van der Waals surface area contributed by atoms with Gasteiger partial charge in [-0.1, -0.05) is 12.1 Å². The van der Waals surface area contributed by atoms with Crippen LogP contribution in [0.25, 0.3) is 0 Å². The normalized spacial score (nSPS) is 22.6. The molecular weight excluding hydrogens is 314 g/mol. The van der Waals surface area contributed by atoms with E-state index in [4.69, 9.17) is 10.5 Å². The van der Waals surface area contributed by atoms with E-state index in [-0.39, 0.29) is 6.09 Å². The van der Waals surface area contributed by atoms with E-state index in [1.165, 1.54) is 11.1 Å². The fourth-order valence-corrected chi connectivity index (χ4v) is 4.01. The topological polar surface area (TPSA) is 58.8 Å². The second-order valence-corrected chi connectivity index (χ2v) is 8.41. The van der Waals surface area contributed by atoms with E-state index in [1.807, 2.05) is 37.8 Å². The van der Waals surface area contributed by atoms with Crippen LogP contribution >= 0.6 is 0 Å². The minimum Gasteiger partial charge on any atom is -0.444 e. The molecule has 2 aliphatic heterocycles. The standard InChI is InChI=1S/C20H31N3O2/c1-14-12-17-15(6-5-7-18(17)21)13-23(14)16-8-10-22(11-9-16)19(24)25-20(2,3)4/h5-7,14,16H,8-13,21H2,1-4H3. The van der Waals surface area contributed by atoms with Crippen molar-refractivity contribution in [3.63, 3.8) is 0 Å². The second-order valence-electron chi connectivity index (χ2n) is 8.41. The van der Waals surface area contributed by atoms with E-state index in [0.29, 0.717) is 12.1 Å². The van der Waals surface area contributed by atoms with E-state index >= 15 is 0 Å². The minimum absolute atomic E-state index is 0.184. The fourth-order valence-electron chi connectivity index (χ4n) is 4.01. The van der Waals surface area contributed by atoms with E-state index in [9.17, 15) is 4.79 Å². The van der Waals surface area contributed by atoms with Gasteiger partial charge in [-0.15, -0.1) is 0 Å². The molecule has 1 amide bonds. The summed E-state index contributed by atoms with van der Waals surface area (Å²) in [7, 11) is 0. The molecule has 25 heavy (non-hydrogen) atoms. The van der Waals surface area contributed by atoms with Crippen LogP contribution < -0.4 is 5.73 Å². The highest BCUT2D eigenvalue weighted by atomic mass is 16.6. The fraction of sp³-hybridized carbons (Fsp3) is 0.650. The number of nitrogen functional groups attached to an aromatic ring is 1. The molecule has 0 radical (unpaired) electrons. The Labute approximate surface area is 151 Å². The Bertz CT molecular complexity index is 630. The third kappa shape index (κ3) is 4.09. The molecule has 3 rings (SSSR count). The molecule has 0 bridgehead atoms. The third-order valence-electron chi connectivity index (χ3n) is 5.31. The van der Waals surface area contributed by atoms with E-state index in [2.05, 4.69) is 17.9 Å². The lowest BCUT2D eigenvalue weighted by Crippen LogP contribution is -2.51. The van der Waals surface area contributed by atoms with Crippen LogP contribution in [-0.4, -0.2) is 46.7 Å². The number of hydrogen-bond donors (Lipinski definition) is 1. The molecule has 1 aromatic carbocycles. The summed E-state index contributed by atoms with van der Waals surface area (Å²) in [5.41, 5.74) is 9.31. The highest BCUT2D eigenvalue weighted by Gasteiger charge is 2.33. The van der Waals surface area contributed by atoms with Gasteiger partial charge in [-0.2, -0.15) is 0 Å². The Hall–Kier alpha value is -1.75. The molecule has 5 nitrogen and oxygen atoms in total. The van der Waals surface area contributed by atoms with E-state index < -0.39 is 5.60 Å². The van der Waals surface area contributed by atoms with Gasteiger partial charge in [-0.25, -0.2) is 4.79 Å². The summed E-state index contributed by atoms with van der Waals surface area (Å²) in [6.45, 7) is 10.5. The summed E-state index contributed by atoms with van der Waals surface area (Å²) in [6, 6.07) is 7.24. The third-order valence-corrected chi connectivity index (χ3v) is 5.31. The molecule has 2 aliphatic rings. The number of nitrogens with two attached hydrogens (primary N) is 1. The van der Waals surface area contributed by atoms with Gasteiger partial charge in [0.15, 0.2) is 0 Å². The summed E-state index contributed by atoms with van der Waals surface area (Å²) in [4.78, 5) is 16.7. The minimum atomic E-state index is -0.432. The molecule has 2 N–H and O–H groups in total. The van der Waals surface area contributed by atoms with Crippen LogP contribution in [0.2, 0.25) is 0 Å². The van der Waals surface area contributed by atoms with Gasteiger partial charge in [0, 0.05) is 37.4 Å². The number of piperidine rings is 1. The molecule has 2 heterocycles. The average molecular weight is 345 g/mol. The Morgan fingerprint density at radius 2 is 1.92 bits per heavy atom. The van der Waals surface area contributed by atoms with Crippen molar-refractivity contribution < 1.29 is 9.53 Å². The lowest BCUT2D eigenvalue weighted by molar-refractivity contribution is 0.00956. The van der Waals surface area contributed by atoms with E-state index in [1.54, 1.807) is 0 Å². The summed E-state index contributed by atoms with van der Waals surface area (Å²) >= 11 is 0. The van der Waals surface area contributed by atoms with Gasteiger partial charge in [0.1, 0.15) is 5.60 Å². The number of likely N-dealkylation sites (tertiary alicyclic amines) is 1. The van der Waals surface area contributed by atoms with Crippen molar-refractivity contribution in [3.8, 4) is 0 Å². The van der Waals surface area contributed by atoms with Gasteiger partial charge in [-0.05, 0) is 64.2 Å². The molecule has 0 aliphatic carbocycles. The zero-order valence-electron chi connectivity index (χ0n) is 15.9. The van der Waals surface area contributed by atoms with Crippen LogP contribution in [0, 0.1) is 0 Å². The van der Waals surface area contributed by atoms with Gasteiger partial charge in [0.25, 0.3) is 0 Å². The first-order valence-corrected chi connectivity index (χ1v) is 9.34. The van der Waals surface area contributed by atoms with Gasteiger partial charge in [-0.3, -0.25) is 4.90 Å². The molecule has 138 valence electrons. The number of amides is 1. The maximum Gasteiger partial charge on any atom is 0.410 e. The van der Waals surface area contributed by atoms with Crippen molar-refractivity contribution in [2.75, 3.05) is 18.8 Å². The number of carbonyl (C=O) groups excluding carboxylic acids is 1. The average Bonchev–Trinajstić information content (AvgIpc) is 2.54. The van der Waals surface area contributed by atoms with Gasteiger partial charge < -0.3 is 15.4 Å². The number of rotatable bonds is 1. The molecule has 5 heteroatoms. The van der Waals surface area contributed by atoms with Crippen LogP contribution in [0.1, 0.15) is 51.7 Å². The van der Waals surface area contributed by atoms with Crippen LogP contribution in [0.5, 0.6) is 0 Å². The number of fused-ring (bicyclic) bond motifs is 1. The molecule has 1 saturated heterocycles. The van der Waals surface area contributed by atoms with E-state index in [0.717, 1.165) is 44.6 Å². The van der Waals surface area contributed by atoms with Crippen molar-refractivity contribution in [2.24, 2.45) is 0 Å². The van der Waals surface area contributed by atoms with Gasteiger partial charge in [0.05, 0.1) is 0 Å². The maximum atomic E-state index is 12.2. The highest BCUT2D eigenvalue weighted by Crippen LogP contribution is 2.31.